The second-order valence-corrected chi connectivity index (χ2v) is 12.1. The minimum absolute atomic E-state index is 0.326. The minimum atomic E-state index is -6.72. The molecular weight excluding hydrogens is 624 g/mol. The zero-order valence-electron chi connectivity index (χ0n) is 22.9. The predicted molar refractivity (Wildman–Crippen MR) is 138 cm³/mol. The number of alkyl halides is 6. The Labute approximate surface area is 240 Å². The Hall–Kier alpha value is -2.70. The van der Waals surface area contributed by atoms with E-state index in [0.29, 0.717) is 19.7 Å². The fourth-order valence-electron chi connectivity index (χ4n) is 3.05. The lowest BCUT2D eigenvalue weighted by molar-refractivity contribution is -0.696. The van der Waals surface area contributed by atoms with Crippen LogP contribution in [-0.4, -0.2) is 64.3 Å². The van der Waals surface area contributed by atoms with Crippen LogP contribution in [0.5, 0.6) is 0 Å². The maximum atomic E-state index is 11.5. The van der Waals surface area contributed by atoms with Crippen molar-refractivity contribution in [3.63, 3.8) is 0 Å². The Morgan fingerprint density at radius 3 is 2.10 bits per heavy atom. The van der Waals surface area contributed by atoms with Gasteiger partial charge in [0.25, 0.3) is 0 Å². The van der Waals surface area contributed by atoms with Gasteiger partial charge in [0, 0.05) is 6.54 Å². The van der Waals surface area contributed by atoms with Crippen LogP contribution in [0.25, 0.3) is 4.13 Å². The first kappa shape index (κ1) is 39.3. The molecule has 0 radical (unpaired) electrons. The second-order valence-electron chi connectivity index (χ2n) is 8.67. The van der Waals surface area contributed by atoms with Crippen molar-refractivity contribution < 1.29 is 62.1 Å². The van der Waals surface area contributed by atoms with Gasteiger partial charge in [-0.1, -0.05) is 19.8 Å². The van der Waals surface area contributed by atoms with Crippen LogP contribution in [0.3, 0.4) is 0 Å². The summed E-state index contributed by atoms with van der Waals surface area (Å²) in [6.45, 7) is 5.95. The lowest BCUT2D eigenvalue weighted by Crippen LogP contribution is -2.30. The Kier molecular flexibility index (Phi) is 18.2. The van der Waals surface area contributed by atoms with Crippen LogP contribution in [0.15, 0.2) is 23.7 Å². The molecule has 1 aromatic rings. The lowest BCUT2D eigenvalue weighted by Gasteiger charge is -2.22. The maximum Gasteiger partial charge on any atom is 0.480 e. The van der Waals surface area contributed by atoms with Crippen molar-refractivity contribution in [3.8, 4) is 0 Å². The van der Waals surface area contributed by atoms with Crippen LogP contribution >= 0.6 is 0 Å². The number of rotatable bonds is 18. The topological polar surface area (TPSA) is 159 Å². The summed E-state index contributed by atoms with van der Waals surface area (Å²) >= 11 is 0. The van der Waals surface area contributed by atoms with E-state index in [4.69, 9.17) is 4.74 Å². The number of hydrogen-bond donors (Lipinski definition) is 1. The van der Waals surface area contributed by atoms with Crippen LogP contribution in [-0.2, 0) is 42.7 Å². The largest absolute Gasteiger partial charge is 0.480 e. The first-order chi connectivity index (χ1) is 19.5. The highest BCUT2D eigenvalue weighted by Crippen LogP contribution is 2.36. The molecule has 0 spiro atoms. The number of halogens is 6. The number of amides is 1. The third kappa shape index (κ3) is 17.3. The molecule has 0 aliphatic carbocycles. The molecule has 0 bridgehead atoms. The van der Waals surface area contributed by atoms with Gasteiger partial charge < -0.3 is 14.2 Å². The SMILES string of the molecule is CCC[n+]1ccn(CCCCCCOC(=O)NCCCCCCN=C=O)c1.O=S(=O)([N-]S(=O)(=O)C(F)(F)F)C(F)(F)F. The van der Waals surface area contributed by atoms with Crippen LogP contribution in [0.4, 0.5) is 31.1 Å². The molecule has 0 fully saturated rings. The molecule has 1 N–H and O–H groups in total. The molecule has 1 heterocycles. The van der Waals surface area contributed by atoms with Crippen LogP contribution in [0.2, 0.25) is 0 Å². The maximum absolute atomic E-state index is 11.5. The number of ether oxygens (including phenoxy) is 1. The summed E-state index contributed by atoms with van der Waals surface area (Å²) < 4.78 is 119. The molecular formula is C22H35F6N5O7S2. The predicted octanol–water partition coefficient (Wildman–Crippen LogP) is 4.43. The molecule has 12 nitrogen and oxygen atoms in total. The van der Waals surface area contributed by atoms with Gasteiger partial charge in [-0.25, -0.2) is 40.6 Å². The summed E-state index contributed by atoms with van der Waals surface area (Å²) in [6, 6.07) is 0. The molecule has 0 saturated carbocycles. The second kappa shape index (κ2) is 19.5. The molecule has 244 valence electrons. The van der Waals surface area contributed by atoms with Gasteiger partial charge >= 0.3 is 17.1 Å². The molecule has 0 unspecified atom stereocenters. The van der Waals surface area contributed by atoms with Crippen LogP contribution in [0, 0.1) is 0 Å². The number of aryl methyl sites for hydroxylation is 2. The number of sulfonamides is 2. The Morgan fingerprint density at radius 1 is 0.952 bits per heavy atom. The van der Waals surface area contributed by atoms with Gasteiger partial charge in [-0.2, -0.15) is 26.3 Å². The van der Waals surface area contributed by atoms with Crippen LogP contribution < -0.4 is 9.88 Å². The third-order valence-electron chi connectivity index (χ3n) is 5.08. The monoisotopic (exact) mass is 659 g/mol. The summed E-state index contributed by atoms with van der Waals surface area (Å²) in [6.07, 6.45) is 16.9. The van der Waals surface area contributed by atoms with E-state index in [1.807, 2.05) is 0 Å². The van der Waals surface area contributed by atoms with Crippen molar-refractivity contribution in [2.45, 2.75) is 88.8 Å². The van der Waals surface area contributed by atoms with Crippen molar-refractivity contribution in [2.24, 2.45) is 4.99 Å². The first-order valence-corrected chi connectivity index (χ1v) is 15.7. The third-order valence-corrected chi connectivity index (χ3v) is 7.82. The van der Waals surface area contributed by atoms with E-state index >= 15 is 0 Å². The fourth-order valence-corrected chi connectivity index (χ4v) is 4.76. The minimum Gasteiger partial charge on any atom is -0.450 e. The quantitative estimate of drug-likeness (QED) is 0.0803. The van der Waals surface area contributed by atoms with Crippen molar-refractivity contribution in [2.75, 3.05) is 19.7 Å². The Balaban J connectivity index is 0.000000951. The number of alkyl carbamates (subject to hydrolysis) is 1. The molecule has 0 aliphatic heterocycles. The number of nitrogens with one attached hydrogen (secondary N) is 1. The summed E-state index contributed by atoms with van der Waals surface area (Å²) in [5.74, 6) is 0. The average Bonchev–Trinajstić information content (AvgIpc) is 3.31. The molecule has 20 heteroatoms. The van der Waals surface area contributed by atoms with Gasteiger partial charge in [0.15, 0.2) is 20.0 Å². The first-order valence-electron chi connectivity index (χ1n) is 12.8. The number of nitrogens with zero attached hydrogens (tertiary/aromatic N) is 4. The van der Waals surface area contributed by atoms with Crippen molar-refractivity contribution in [1.29, 1.82) is 0 Å². The van der Waals surface area contributed by atoms with E-state index in [-0.39, 0.29) is 6.09 Å². The smallest absolute Gasteiger partial charge is 0.450 e. The van der Waals surface area contributed by atoms with Gasteiger partial charge in [-0.05, 0) is 44.9 Å². The van der Waals surface area contributed by atoms with Crippen molar-refractivity contribution >= 4 is 32.2 Å². The number of aliphatic imine (C=N–C) groups is 1. The average molecular weight is 660 g/mol. The van der Waals surface area contributed by atoms with E-state index in [0.717, 1.165) is 75.0 Å². The van der Waals surface area contributed by atoms with E-state index in [1.54, 1.807) is 0 Å². The molecule has 0 atom stereocenters. The van der Waals surface area contributed by atoms with Crippen LogP contribution in [0.1, 0.15) is 64.7 Å². The van der Waals surface area contributed by atoms with Gasteiger partial charge in [-0.3, -0.25) is 0 Å². The highest BCUT2D eigenvalue weighted by molar-refractivity contribution is 8.13. The molecule has 0 saturated heterocycles. The molecule has 0 aromatic carbocycles. The molecule has 1 amide bonds. The number of carbonyl (C=O) groups is 1. The van der Waals surface area contributed by atoms with Gasteiger partial charge in [-0.15, -0.1) is 0 Å². The highest BCUT2D eigenvalue weighted by atomic mass is 32.3. The summed E-state index contributed by atoms with van der Waals surface area (Å²) in [5, 5.41) is 2.77. The zero-order valence-corrected chi connectivity index (χ0v) is 24.5. The number of carbonyl (C=O) groups excluding carboxylic acids is 2. The zero-order chi connectivity index (χ0) is 32.3. The van der Waals surface area contributed by atoms with Gasteiger partial charge in [0.2, 0.25) is 12.4 Å². The van der Waals surface area contributed by atoms with E-state index in [2.05, 4.69) is 45.1 Å². The fraction of sp³-hybridized carbons (Fsp3) is 0.773. The number of hydrogen-bond acceptors (Lipinski definition) is 8. The van der Waals surface area contributed by atoms with E-state index in [1.165, 1.54) is 6.08 Å². The normalized spacial score (nSPS) is 12.2. The van der Waals surface area contributed by atoms with Gasteiger partial charge in [0.1, 0.15) is 12.4 Å². The molecule has 1 aromatic heterocycles. The van der Waals surface area contributed by atoms with E-state index in [9.17, 15) is 52.8 Å². The Morgan fingerprint density at radius 2 is 1.52 bits per heavy atom. The molecule has 0 aliphatic rings. The number of unbranched alkanes of at least 4 members (excludes halogenated alkanes) is 6. The van der Waals surface area contributed by atoms with Gasteiger partial charge in [0.05, 0.1) is 26.2 Å². The molecule has 42 heavy (non-hydrogen) atoms. The number of aromatic nitrogens is 2. The standard InChI is InChI=1S/C20H34N4O3.C2F6NO4S2/c1-2-13-23-15-16-24(19-23)14-9-5-6-10-17-27-20(26)22-12-8-4-3-7-11-21-18-25;3-1(4,5)14(10,11)9-15(12,13)2(6,7)8/h15-16,19H,2-14,17H2,1H3;/q;-1/p+1. The highest BCUT2D eigenvalue weighted by Gasteiger charge is 2.46. The lowest BCUT2D eigenvalue weighted by atomic mass is 10.2. The number of imidazole rings is 1. The van der Waals surface area contributed by atoms with E-state index < -0.39 is 31.1 Å². The number of isocyanates is 1. The summed E-state index contributed by atoms with van der Waals surface area (Å²) in [4.78, 5) is 25.0. The van der Waals surface area contributed by atoms with Crippen molar-refractivity contribution in [1.82, 2.24) is 9.88 Å². The van der Waals surface area contributed by atoms with Crippen molar-refractivity contribution in [3.05, 3.63) is 22.8 Å². The summed E-state index contributed by atoms with van der Waals surface area (Å²) in [7, 11) is -13.4. The summed E-state index contributed by atoms with van der Waals surface area (Å²) in [5.41, 5.74) is -12.4. The Bertz CT molecular complexity index is 1140. The molecule has 1 rings (SSSR count).